The van der Waals surface area contributed by atoms with Crippen LogP contribution in [0.3, 0.4) is 0 Å². The minimum Gasteiger partial charge on any atom is -0.370 e. The van der Waals surface area contributed by atoms with E-state index in [9.17, 15) is 0 Å². The standard InChI is InChI=1S/C15H24N4/c1-16-10-13-11-17-6-4-15(13)19-9-5-14(12-19)18-7-2-3-8-18/h4,6,11,14,16H,2-3,5,7-10,12H2,1H3. The molecular formula is C15H24N4. The maximum Gasteiger partial charge on any atom is 0.0443 e. The smallest absolute Gasteiger partial charge is 0.0443 e. The van der Waals surface area contributed by atoms with E-state index in [4.69, 9.17) is 0 Å². The van der Waals surface area contributed by atoms with E-state index in [1.165, 1.54) is 56.7 Å². The van der Waals surface area contributed by atoms with Crippen molar-refractivity contribution < 1.29 is 0 Å². The zero-order chi connectivity index (χ0) is 13.1. The van der Waals surface area contributed by atoms with Crippen LogP contribution < -0.4 is 10.2 Å². The second-order valence-electron chi connectivity index (χ2n) is 5.67. The second kappa shape index (κ2) is 5.88. The Morgan fingerprint density at radius 1 is 1.32 bits per heavy atom. The maximum atomic E-state index is 4.25. The fourth-order valence-corrected chi connectivity index (χ4v) is 3.42. The van der Waals surface area contributed by atoms with Crippen molar-refractivity contribution in [3.8, 4) is 0 Å². The second-order valence-corrected chi connectivity index (χ2v) is 5.67. The Hall–Kier alpha value is -1.13. The maximum absolute atomic E-state index is 4.25. The molecule has 1 aromatic rings. The van der Waals surface area contributed by atoms with Gasteiger partial charge in [-0.15, -0.1) is 0 Å². The Labute approximate surface area is 115 Å². The number of hydrogen-bond donors (Lipinski definition) is 1. The summed E-state index contributed by atoms with van der Waals surface area (Å²) in [6.07, 6.45) is 7.99. The van der Waals surface area contributed by atoms with Gasteiger partial charge in [0.05, 0.1) is 0 Å². The fourth-order valence-electron chi connectivity index (χ4n) is 3.42. The van der Waals surface area contributed by atoms with Gasteiger partial charge in [-0.2, -0.15) is 0 Å². The molecule has 4 heteroatoms. The molecule has 0 bridgehead atoms. The molecule has 0 radical (unpaired) electrons. The van der Waals surface area contributed by atoms with Crippen molar-refractivity contribution in [2.24, 2.45) is 0 Å². The SMILES string of the molecule is CNCc1cnccc1N1CCC(N2CCCC2)C1. The van der Waals surface area contributed by atoms with Crippen LogP contribution in [0, 0.1) is 0 Å². The molecule has 19 heavy (non-hydrogen) atoms. The molecule has 1 N–H and O–H groups in total. The van der Waals surface area contributed by atoms with Gasteiger partial charge < -0.3 is 10.2 Å². The summed E-state index contributed by atoms with van der Waals surface area (Å²) in [7, 11) is 1.99. The normalized spacial score (nSPS) is 24.3. The topological polar surface area (TPSA) is 31.4 Å². The van der Waals surface area contributed by atoms with Gasteiger partial charge in [0.15, 0.2) is 0 Å². The van der Waals surface area contributed by atoms with E-state index in [1.54, 1.807) is 0 Å². The first-order valence-electron chi connectivity index (χ1n) is 7.45. The third kappa shape index (κ3) is 2.74. The van der Waals surface area contributed by atoms with E-state index < -0.39 is 0 Å². The lowest BCUT2D eigenvalue weighted by Gasteiger charge is -2.25. The third-order valence-electron chi connectivity index (χ3n) is 4.41. The highest BCUT2D eigenvalue weighted by molar-refractivity contribution is 5.53. The van der Waals surface area contributed by atoms with E-state index in [0.717, 1.165) is 12.6 Å². The molecule has 1 aromatic heterocycles. The summed E-state index contributed by atoms with van der Waals surface area (Å²) in [6.45, 7) is 5.87. The molecule has 0 aliphatic carbocycles. The fraction of sp³-hybridized carbons (Fsp3) is 0.667. The minimum absolute atomic E-state index is 0.762. The van der Waals surface area contributed by atoms with Gasteiger partial charge in [0, 0.05) is 49.3 Å². The van der Waals surface area contributed by atoms with Gasteiger partial charge >= 0.3 is 0 Å². The molecular weight excluding hydrogens is 236 g/mol. The lowest BCUT2D eigenvalue weighted by Crippen LogP contribution is -2.35. The molecule has 3 heterocycles. The van der Waals surface area contributed by atoms with Gasteiger partial charge in [0.2, 0.25) is 0 Å². The van der Waals surface area contributed by atoms with Crippen LogP contribution in [-0.4, -0.2) is 49.2 Å². The van der Waals surface area contributed by atoms with Crippen molar-refractivity contribution in [2.75, 3.05) is 38.1 Å². The van der Waals surface area contributed by atoms with Crippen LogP contribution in [0.25, 0.3) is 0 Å². The highest BCUT2D eigenvalue weighted by Gasteiger charge is 2.29. The van der Waals surface area contributed by atoms with E-state index in [1.807, 2.05) is 19.4 Å². The van der Waals surface area contributed by atoms with E-state index in [0.29, 0.717) is 0 Å². The number of hydrogen-bond acceptors (Lipinski definition) is 4. The predicted octanol–water partition coefficient (Wildman–Crippen LogP) is 1.48. The molecule has 0 aromatic carbocycles. The molecule has 2 aliphatic rings. The number of likely N-dealkylation sites (tertiary alicyclic amines) is 1. The number of anilines is 1. The van der Waals surface area contributed by atoms with Crippen LogP contribution in [0.4, 0.5) is 5.69 Å². The van der Waals surface area contributed by atoms with Gasteiger partial charge in [0.25, 0.3) is 0 Å². The molecule has 1 unspecified atom stereocenters. The molecule has 0 saturated carbocycles. The van der Waals surface area contributed by atoms with Crippen molar-refractivity contribution in [1.82, 2.24) is 15.2 Å². The Morgan fingerprint density at radius 2 is 2.16 bits per heavy atom. The minimum atomic E-state index is 0.762. The van der Waals surface area contributed by atoms with Gasteiger partial charge in [-0.3, -0.25) is 9.88 Å². The summed E-state index contributed by atoms with van der Waals surface area (Å²) in [4.78, 5) is 9.47. The van der Waals surface area contributed by atoms with Crippen LogP contribution in [0.15, 0.2) is 18.5 Å². The first-order chi connectivity index (χ1) is 9.38. The van der Waals surface area contributed by atoms with Gasteiger partial charge in [0.1, 0.15) is 0 Å². The van der Waals surface area contributed by atoms with Gasteiger partial charge in [-0.1, -0.05) is 0 Å². The molecule has 3 rings (SSSR count). The molecule has 4 nitrogen and oxygen atoms in total. The zero-order valence-electron chi connectivity index (χ0n) is 11.8. The zero-order valence-corrected chi connectivity index (χ0v) is 11.8. The molecule has 0 amide bonds. The number of nitrogens with one attached hydrogen (secondary N) is 1. The number of rotatable bonds is 4. The van der Waals surface area contributed by atoms with Crippen LogP contribution in [0.1, 0.15) is 24.8 Å². The predicted molar refractivity (Wildman–Crippen MR) is 78.4 cm³/mol. The summed E-state index contributed by atoms with van der Waals surface area (Å²) in [5.74, 6) is 0. The van der Waals surface area contributed by atoms with Gasteiger partial charge in [-0.25, -0.2) is 0 Å². The van der Waals surface area contributed by atoms with Crippen LogP contribution >= 0.6 is 0 Å². The van der Waals surface area contributed by atoms with Crippen molar-refractivity contribution in [2.45, 2.75) is 31.8 Å². The molecule has 2 saturated heterocycles. The van der Waals surface area contributed by atoms with Crippen LogP contribution in [-0.2, 0) is 6.54 Å². The highest BCUT2D eigenvalue weighted by Crippen LogP contribution is 2.27. The van der Waals surface area contributed by atoms with Crippen molar-refractivity contribution in [1.29, 1.82) is 0 Å². The Balaban J connectivity index is 1.70. The number of nitrogens with zero attached hydrogens (tertiary/aromatic N) is 3. The summed E-state index contributed by atoms with van der Waals surface area (Å²) in [5.41, 5.74) is 2.68. The van der Waals surface area contributed by atoms with Crippen molar-refractivity contribution in [3.63, 3.8) is 0 Å². The molecule has 1 atom stereocenters. The molecule has 2 aliphatic heterocycles. The first-order valence-corrected chi connectivity index (χ1v) is 7.45. The Bertz CT molecular complexity index is 414. The Morgan fingerprint density at radius 3 is 2.95 bits per heavy atom. The first kappa shape index (κ1) is 12.9. The monoisotopic (exact) mass is 260 g/mol. The molecule has 0 spiro atoms. The molecule has 2 fully saturated rings. The average Bonchev–Trinajstić information content (AvgIpc) is 3.11. The van der Waals surface area contributed by atoms with Crippen molar-refractivity contribution >= 4 is 5.69 Å². The lowest BCUT2D eigenvalue weighted by molar-refractivity contribution is 0.260. The summed E-state index contributed by atoms with van der Waals surface area (Å²) in [5, 5.41) is 3.24. The average molecular weight is 260 g/mol. The third-order valence-corrected chi connectivity index (χ3v) is 4.41. The number of aromatic nitrogens is 1. The van der Waals surface area contributed by atoms with E-state index in [-0.39, 0.29) is 0 Å². The van der Waals surface area contributed by atoms with Crippen molar-refractivity contribution in [3.05, 3.63) is 24.0 Å². The van der Waals surface area contributed by atoms with Crippen LogP contribution in [0.5, 0.6) is 0 Å². The summed E-state index contributed by atoms with van der Waals surface area (Å²) in [6, 6.07) is 2.93. The Kier molecular flexibility index (Phi) is 3.99. The highest BCUT2D eigenvalue weighted by atomic mass is 15.3. The lowest BCUT2D eigenvalue weighted by atomic mass is 10.2. The van der Waals surface area contributed by atoms with Gasteiger partial charge in [-0.05, 0) is 45.5 Å². The summed E-state index contributed by atoms with van der Waals surface area (Å²) >= 11 is 0. The van der Waals surface area contributed by atoms with E-state index in [2.05, 4.69) is 26.2 Å². The van der Waals surface area contributed by atoms with E-state index >= 15 is 0 Å². The largest absolute Gasteiger partial charge is 0.370 e. The number of pyridine rings is 1. The molecule has 104 valence electrons. The quantitative estimate of drug-likeness (QED) is 0.888. The van der Waals surface area contributed by atoms with Crippen LogP contribution in [0.2, 0.25) is 0 Å². The summed E-state index contributed by atoms with van der Waals surface area (Å²) < 4.78 is 0.